The fourth-order valence-corrected chi connectivity index (χ4v) is 2.85. The number of hydrogen-bond acceptors (Lipinski definition) is 3. The number of aryl methyl sites for hydroxylation is 1. The van der Waals surface area contributed by atoms with Crippen LogP contribution in [0.4, 0.5) is 0 Å². The minimum absolute atomic E-state index is 0.352. The molecule has 0 fully saturated rings. The number of carbonyl (C=O) groups is 1. The largest absolute Gasteiger partial charge is 0.467 e. The lowest BCUT2D eigenvalue weighted by Gasteiger charge is -2.18. The van der Waals surface area contributed by atoms with E-state index >= 15 is 0 Å². The van der Waals surface area contributed by atoms with Crippen LogP contribution in [-0.4, -0.2) is 13.1 Å². The topological polar surface area (TPSA) is 35.5 Å². The van der Waals surface area contributed by atoms with E-state index in [-0.39, 0.29) is 5.97 Å². The van der Waals surface area contributed by atoms with Gasteiger partial charge in [0.05, 0.1) is 13.7 Å². The van der Waals surface area contributed by atoms with Crippen LogP contribution in [0.5, 0.6) is 0 Å². The summed E-state index contributed by atoms with van der Waals surface area (Å²) in [7, 11) is 1.39. The molecular formula is C21H20O3. The molecule has 0 bridgehead atoms. The molecule has 3 heteroatoms. The van der Waals surface area contributed by atoms with Crippen LogP contribution in [-0.2, 0) is 20.9 Å². The molecule has 1 unspecified atom stereocenters. The molecule has 0 radical (unpaired) electrons. The first-order chi connectivity index (χ1) is 11.7. The van der Waals surface area contributed by atoms with Gasteiger partial charge in [-0.3, -0.25) is 0 Å². The molecule has 3 rings (SSSR count). The Bertz CT molecular complexity index is 849. The molecule has 1 atom stereocenters. The van der Waals surface area contributed by atoms with Crippen LogP contribution >= 0.6 is 0 Å². The molecule has 0 N–H and O–H groups in total. The lowest BCUT2D eigenvalue weighted by atomic mass is 10.0. The van der Waals surface area contributed by atoms with Crippen LogP contribution < -0.4 is 0 Å². The molecule has 0 amide bonds. The number of benzene rings is 3. The van der Waals surface area contributed by atoms with E-state index in [0.29, 0.717) is 6.61 Å². The van der Waals surface area contributed by atoms with Gasteiger partial charge < -0.3 is 9.47 Å². The highest BCUT2D eigenvalue weighted by Gasteiger charge is 2.24. The summed E-state index contributed by atoms with van der Waals surface area (Å²) in [6.07, 6.45) is -0.749. The quantitative estimate of drug-likeness (QED) is 0.646. The zero-order valence-corrected chi connectivity index (χ0v) is 13.9. The van der Waals surface area contributed by atoms with Crippen molar-refractivity contribution < 1.29 is 14.3 Å². The summed E-state index contributed by atoms with van der Waals surface area (Å²) in [4.78, 5) is 12.3. The van der Waals surface area contributed by atoms with Crippen LogP contribution in [0.25, 0.3) is 10.8 Å². The van der Waals surface area contributed by atoms with Crippen molar-refractivity contribution in [2.75, 3.05) is 7.11 Å². The van der Waals surface area contributed by atoms with Gasteiger partial charge >= 0.3 is 5.97 Å². The van der Waals surface area contributed by atoms with E-state index in [9.17, 15) is 4.79 Å². The molecule has 3 nitrogen and oxygen atoms in total. The third-order valence-electron chi connectivity index (χ3n) is 4.02. The second-order valence-corrected chi connectivity index (χ2v) is 5.77. The molecule has 0 saturated carbocycles. The Kier molecular flexibility index (Phi) is 4.92. The lowest BCUT2D eigenvalue weighted by Crippen LogP contribution is -2.18. The molecule has 0 aliphatic heterocycles. The molecule has 0 heterocycles. The Balaban J connectivity index is 1.93. The van der Waals surface area contributed by atoms with Crippen LogP contribution in [0, 0.1) is 6.92 Å². The molecule has 0 spiro atoms. The molecule has 0 aromatic heterocycles. The number of hydrogen-bond donors (Lipinski definition) is 0. The Labute approximate surface area is 141 Å². The van der Waals surface area contributed by atoms with Crippen molar-refractivity contribution in [2.45, 2.75) is 19.6 Å². The summed E-state index contributed by atoms with van der Waals surface area (Å²) in [5.41, 5.74) is 3.02. The highest BCUT2D eigenvalue weighted by Crippen LogP contribution is 2.28. The summed E-state index contributed by atoms with van der Waals surface area (Å²) in [6, 6.07) is 21.9. The first-order valence-electron chi connectivity index (χ1n) is 7.91. The van der Waals surface area contributed by atoms with Gasteiger partial charge in [0.1, 0.15) is 0 Å². The first-order valence-corrected chi connectivity index (χ1v) is 7.91. The maximum absolute atomic E-state index is 12.3. The van der Waals surface area contributed by atoms with Crippen LogP contribution in [0.3, 0.4) is 0 Å². The van der Waals surface area contributed by atoms with Crippen LogP contribution in [0.2, 0.25) is 0 Å². The molecule has 3 aromatic carbocycles. The number of methoxy groups -OCH3 is 1. The maximum Gasteiger partial charge on any atom is 0.339 e. The number of esters is 1. The molecule has 122 valence electrons. The molecule has 0 aliphatic carbocycles. The van der Waals surface area contributed by atoms with Gasteiger partial charge in [0.25, 0.3) is 0 Å². The molecule has 24 heavy (non-hydrogen) atoms. The second kappa shape index (κ2) is 7.28. The average molecular weight is 320 g/mol. The standard InChI is InChI=1S/C21H20O3/c1-15-7-5-8-16(13-15)14-24-20(21(22)23-2)19-12-6-10-17-9-3-4-11-18(17)19/h3-13,20H,14H2,1-2H3. The van der Waals surface area contributed by atoms with Gasteiger partial charge in [0.15, 0.2) is 6.10 Å². The summed E-state index contributed by atoms with van der Waals surface area (Å²) in [6.45, 7) is 2.39. The second-order valence-electron chi connectivity index (χ2n) is 5.77. The van der Waals surface area contributed by atoms with E-state index in [1.54, 1.807) is 0 Å². The highest BCUT2D eigenvalue weighted by atomic mass is 16.6. The van der Waals surface area contributed by atoms with Crippen molar-refractivity contribution in [3.63, 3.8) is 0 Å². The Morgan fingerprint density at radius 2 is 1.75 bits per heavy atom. The van der Waals surface area contributed by atoms with Gasteiger partial charge in [0.2, 0.25) is 0 Å². The summed E-state index contributed by atoms with van der Waals surface area (Å²) in [5, 5.41) is 2.07. The van der Waals surface area contributed by atoms with Gasteiger partial charge in [-0.1, -0.05) is 72.3 Å². The fourth-order valence-electron chi connectivity index (χ4n) is 2.85. The highest BCUT2D eigenvalue weighted by molar-refractivity contribution is 5.90. The number of ether oxygens (including phenoxy) is 2. The van der Waals surface area contributed by atoms with E-state index < -0.39 is 6.10 Å². The predicted molar refractivity (Wildman–Crippen MR) is 94.7 cm³/mol. The van der Waals surface area contributed by atoms with Crippen molar-refractivity contribution in [2.24, 2.45) is 0 Å². The average Bonchev–Trinajstić information content (AvgIpc) is 2.62. The zero-order chi connectivity index (χ0) is 16.9. The van der Waals surface area contributed by atoms with Gasteiger partial charge in [0, 0.05) is 0 Å². The van der Waals surface area contributed by atoms with E-state index in [4.69, 9.17) is 9.47 Å². The third-order valence-corrected chi connectivity index (χ3v) is 4.02. The molecule has 0 aliphatic rings. The maximum atomic E-state index is 12.3. The molecule has 0 saturated heterocycles. The zero-order valence-electron chi connectivity index (χ0n) is 13.9. The van der Waals surface area contributed by atoms with E-state index in [0.717, 1.165) is 27.5 Å². The first kappa shape index (κ1) is 16.2. The normalized spacial score (nSPS) is 12.1. The van der Waals surface area contributed by atoms with E-state index in [1.165, 1.54) is 7.11 Å². The molecular weight excluding hydrogens is 300 g/mol. The van der Waals surface area contributed by atoms with Crippen molar-refractivity contribution in [3.8, 4) is 0 Å². The van der Waals surface area contributed by atoms with Crippen molar-refractivity contribution in [3.05, 3.63) is 83.4 Å². The third kappa shape index (κ3) is 3.47. The number of carbonyl (C=O) groups excluding carboxylic acids is 1. The van der Waals surface area contributed by atoms with Gasteiger partial charge in [-0.25, -0.2) is 4.79 Å². The smallest absolute Gasteiger partial charge is 0.339 e. The van der Waals surface area contributed by atoms with E-state index in [2.05, 4.69) is 6.07 Å². The van der Waals surface area contributed by atoms with Crippen molar-refractivity contribution >= 4 is 16.7 Å². The van der Waals surface area contributed by atoms with Crippen LogP contribution in [0.15, 0.2) is 66.7 Å². The van der Waals surface area contributed by atoms with Crippen LogP contribution in [0.1, 0.15) is 22.8 Å². The minimum Gasteiger partial charge on any atom is -0.467 e. The Morgan fingerprint density at radius 1 is 1.00 bits per heavy atom. The summed E-state index contributed by atoms with van der Waals surface area (Å²) in [5.74, 6) is -0.390. The number of fused-ring (bicyclic) bond motifs is 1. The fraction of sp³-hybridized carbons (Fsp3) is 0.190. The van der Waals surface area contributed by atoms with Gasteiger partial charge in [-0.15, -0.1) is 0 Å². The number of rotatable bonds is 5. The minimum atomic E-state index is -0.749. The van der Waals surface area contributed by atoms with E-state index in [1.807, 2.05) is 67.6 Å². The molecule has 3 aromatic rings. The Morgan fingerprint density at radius 3 is 2.54 bits per heavy atom. The summed E-state index contributed by atoms with van der Waals surface area (Å²) >= 11 is 0. The van der Waals surface area contributed by atoms with Gasteiger partial charge in [-0.05, 0) is 28.8 Å². The van der Waals surface area contributed by atoms with Crippen molar-refractivity contribution in [1.29, 1.82) is 0 Å². The summed E-state index contributed by atoms with van der Waals surface area (Å²) < 4.78 is 10.9. The van der Waals surface area contributed by atoms with Crippen molar-refractivity contribution in [1.82, 2.24) is 0 Å². The lowest BCUT2D eigenvalue weighted by molar-refractivity contribution is -0.155. The van der Waals surface area contributed by atoms with Gasteiger partial charge in [-0.2, -0.15) is 0 Å². The Hall–Kier alpha value is -2.65. The predicted octanol–water partition coefficient (Wildman–Crippen LogP) is 4.58. The SMILES string of the molecule is COC(=O)C(OCc1cccc(C)c1)c1cccc2ccccc12. The monoisotopic (exact) mass is 320 g/mol.